The van der Waals surface area contributed by atoms with Crippen LogP contribution >= 0.6 is 0 Å². The number of halogens is 7. The van der Waals surface area contributed by atoms with Crippen LogP contribution in [0, 0.1) is 17.7 Å². The van der Waals surface area contributed by atoms with Crippen molar-refractivity contribution in [3.8, 4) is 0 Å². The van der Waals surface area contributed by atoms with Gasteiger partial charge in [-0.2, -0.15) is 26.3 Å². The van der Waals surface area contributed by atoms with Gasteiger partial charge in [-0.3, -0.25) is 0 Å². The van der Waals surface area contributed by atoms with E-state index < -0.39 is 47.7 Å². The van der Waals surface area contributed by atoms with Gasteiger partial charge in [0.25, 0.3) is 0 Å². The molecule has 1 aliphatic carbocycles. The second kappa shape index (κ2) is 9.57. The van der Waals surface area contributed by atoms with Crippen molar-refractivity contribution < 1.29 is 45.4 Å². The maximum absolute atomic E-state index is 13.4. The molecule has 1 saturated heterocycles. The minimum atomic E-state index is -5.02. The predicted molar refractivity (Wildman–Crippen MR) is 112 cm³/mol. The third-order valence-corrected chi connectivity index (χ3v) is 7.16. The number of fused-ring (bicyclic) bond motifs is 1. The topological polar surface area (TPSA) is 52.6 Å². The Hall–Kier alpha value is -2.82. The lowest BCUT2D eigenvalue weighted by molar-refractivity contribution is -0.275. The zero-order chi connectivity index (χ0) is 26.4. The third-order valence-electron chi connectivity index (χ3n) is 7.16. The molecule has 4 rings (SSSR count). The molecule has 2 fully saturated rings. The van der Waals surface area contributed by atoms with Crippen molar-refractivity contribution in [1.82, 2.24) is 4.90 Å². The van der Waals surface area contributed by atoms with E-state index in [9.17, 15) is 40.6 Å². The molecule has 2 aromatic rings. The highest BCUT2D eigenvalue weighted by Gasteiger charge is 2.48. The van der Waals surface area contributed by atoms with Crippen LogP contribution in [0.25, 0.3) is 0 Å². The number of amides is 1. The van der Waals surface area contributed by atoms with Gasteiger partial charge in [-0.1, -0.05) is 18.6 Å². The molecule has 0 radical (unpaired) electrons. The van der Waals surface area contributed by atoms with Crippen LogP contribution in [-0.2, 0) is 17.1 Å². The minimum Gasteiger partial charge on any atom is -0.530 e. The zero-order valence-electron chi connectivity index (χ0n) is 19.1. The van der Waals surface area contributed by atoms with Crippen molar-refractivity contribution in [2.24, 2.45) is 11.8 Å². The lowest BCUT2D eigenvalue weighted by Gasteiger charge is -2.36. The summed E-state index contributed by atoms with van der Waals surface area (Å²) in [6.07, 6.45) is -12.0. The molecule has 196 valence electrons. The first-order valence-corrected chi connectivity index (χ1v) is 11.4. The van der Waals surface area contributed by atoms with Crippen LogP contribution in [0.1, 0.15) is 60.5 Å². The van der Waals surface area contributed by atoms with Crippen LogP contribution in [0.3, 0.4) is 0 Å². The molecule has 0 bridgehead atoms. The first-order valence-electron chi connectivity index (χ1n) is 11.4. The normalized spacial score (nSPS) is 25.5. The van der Waals surface area contributed by atoms with Crippen LogP contribution < -0.4 is 5.11 Å². The average Bonchev–Trinajstić information content (AvgIpc) is 3.17. The molecule has 1 saturated carbocycles. The number of carbonyl (C=O) groups is 1. The molecule has 4 nitrogen and oxygen atoms in total. The van der Waals surface area contributed by atoms with Gasteiger partial charge in [-0.15, -0.1) is 0 Å². The van der Waals surface area contributed by atoms with Gasteiger partial charge in [-0.25, -0.2) is 4.39 Å². The highest BCUT2D eigenvalue weighted by atomic mass is 19.4. The smallest absolute Gasteiger partial charge is 0.416 e. The van der Waals surface area contributed by atoms with Crippen molar-refractivity contribution in [3.63, 3.8) is 0 Å². The summed E-state index contributed by atoms with van der Waals surface area (Å²) in [6, 6.07) is 7.08. The van der Waals surface area contributed by atoms with E-state index in [-0.39, 0.29) is 35.9 Å². The summed E-state index contributed by atoms with van der Waals surface area (Å²) < 4.78 is 99.1. The van der Waals surface area contributed by atoms with E-state index >= 15 is 0 Å². The Balaban J connectivity index is 1.64. The molecule has 1 heterocycles. The first-order chi connectivity index (χ1) is 16.8. The van der Waals surface area contributed by atoms with Crippen LogP contribution in [0.5, 0.6) is 0 Å². The molecule has 0 spiro atoms. The van der Waals surface area contributed by atoms with Gasteiger partial charge in [-0.05, 0) is 73.1 Å². The molecule has 11 heteroatoms. The average molecular weight is 518 g/mol. The number of rotatable bonds is 4. The highest BCUT2D eigenvalue weighted by molar-refractivity contribution is 5.63. The molecule has 1 aliphatic heterocycles. The van der Waals surface area contributed by atoms with Gasteiger partial charge in [0.1, 0.15) is 18.1 Å². The Bertz CT molecular complexity index is 1070. The molecular formula is C25H23F7NO3-. The second-order valence-corrected chi connectivity index (χ2v) is 9.34. The third kappa shape index (κ3) is 5.30. The summed E-state index contributed by atoms with van der Waals surface area (Å²) in [5.41, 5.74) is -2.49. The van der Waals surface area contributed by atoms with Crippen molar-refractivity contribution in [2.45, 2.75) is 56.8 Å². The van der Waals surface area contributed by atoms with E-state index in [1.54, 1.807) is 12.1 Å². The second-order valence-electron chi connectivity index (χ2n) is 9.34. The molecule has 0 aromatic heterocycles. The van der Waals surface area contributed by atoms with Crippen molar-refractivity contribution in [1.29, 1.82) is 0 Å². The fourth-order valence-electron chi connectivity index (χ4n) is 5.46. The number of ether oxygens (including phenoxy) is 1. The van der Waals surface area contributed by atoms with E-state index in [4.69, 9.17) is 4.74 Å². The minimum absolute atomic E-state index is 0.0306. The molecule has 4 unspecified atom stereocenters. The van der Waals surface area contributed by atoms with E-state index in [1.807, 2.05) is 0 Å². The molecule has 1 amide bonds. The Morgan fingerprint density at radius 3 is 2.08 bits per heavy atom. The van der Waals surface area contributed by atoms with Gasteiger partial charge < -0.3 is 19.5 Å². The van der Waals surface area contributed by atoms with Crippen molar-refractivity contribution in [2.75, 3.05) is 6.54 Å². The number of hydrogen-bond acceptors (Lipinski definition) is 3. The lowest BCUT2D eigenvalue weighted by atomic mass is 9.70. The Morgan fingerprint density at radius 1 is 0.972 bits per heavy atom. The molecule has 5 atom stereocenters. The summed E-state index contributed by atoms with van der Waals surface area (Å²) in [4.78, 5) is 12.9. The van der Waals surface area contributed by atoms with Gasteiger partial charge in [0, 0.05) is 12.5 Å². The fraction of sp³-hybridized carbons (Fsp3) is 0.480. The van der Waals surface area contributed by atoms with E-state index in [1.165, 1.54) is 19.1 Å². The highest BCUT2D eigenvalue weighted by Crippen LogP contribution is 2.49. The Labute approximate surface area is 202 Å². The summed E-state index contributed by atoms with van der Waals surface area (Å²) in [5, 5.41) is 11.9. The molecule has 0 N–H and O–H groups in total. The number of nitrogens with zero attached hydrogens (tertiary/aromatic N) is 1. The summed E-state index contributed by atoms with van der Waals surface area (Å²) in [5.74, 6) is -1.11. The maximum Gasteiger partial charge on any atom is 0.416 e. The summed E-state index contributed by atoms with van der Waals surface area (Å²) in [7, 11) is 0. The monoisotopic (exact) mass is 518 g/mol. The van der Waals surface area contributed by atoms with Gasteiger partial charge >= 0.3 is 12.4 Å². The van der Waals surface area contributed by atoms with Crippen LogP contribution in [-0.4, -0.2) is 23.8 Å². The molecule has 36 heavy (non-hydrogen) atoms. The largest absolute Gasteiger partial charge is 0.530 e. The van der Waals surface area contributed by atoms with E-state index in [0.717, 1.165) is 16.9 Å². The number of carbonyl (C=O) groups excluding carboxylic acids is 1. The molecule has 2 aliphatic rings. The van der Waals surface area contributed by atoms with Gasteiger partial charge in [0.2, 0.25) is 0 Å². The van der Waals surface area contributed by atoms with Crippen LogP contribution in [0.4, 0.5) is 35.5 Å². The SMILES string of the molecule is C[C@@H](OC1C2CCCC(c3ccc(F)cc3)C2CN1C(=O)[O-])c1cc(C(F)(F)F)cc(C(F)(F)F)c1. The van der Waals surface area contributed by atoms with Crippen molar-refractivity contribution in [3.05, 3.63) is 70.5 Å². The predicted octanol–water partition coefficient (Wildman–Crippen LogP) is 6.13. The number of carboxylic acid groups (broad SMARTS) is 1. The van der Waals surface area contributed by atoms with Crippen LogP contribution in [0.2, 0.25) is 0 Å². The molecule has 2 aromatic carbocycles. The Kier molecular flexibility index (Phi) is 6.98. The van der Waals surface area contributed by atoms with E-state index in [0.29, 0.717) is 25.0 Å². The fourth-order valence-corrected chi connectivity index (χ4v) is 5.46. The first kappa shape index (κ1) is 26.2. The number of hydrogen-bond donors (Lipinski definition) is 0. The van der Waals surface area contributed by atoms with Gasteiger partial charge in [0.05, 0.1) is 17.2 Å². The maximum atomic E-state index is 13.4. The molecular weight excluding hydrogens is 495 g/mol. The standard InChI is InChI=1S/C25H24F7NO3/c1-13(15-9-16(24(27,28)29)11-17(10-15)25(30,31)32)36-22-20-4-2-3-19(14-5-7-18(26)8-6-14)21(20)12-33(22)23(34)35/h5-11,13,19-22H,2-4,12H2,1H3,(H,34,35)/p-1/t13-,19?,20?,21?,22?/m1/s1. The summed E-state index contributed by atoms with van der Waals surface area (Å²) in [6.45, 7) is 1.32. The summed E-state index contributed by atoms with van der Waals surface area (Å²) >= 11 is 0. The Morgan fingerprint density at radius 2 is 1.56 bits per heavy atom. The zero-order valence-corrected chi connectivity index (χ0v) is 19.1. The van der Waals surface area contributed by atoms with E-state index in [2.05, 4.69) is 0 Å². The van der Waals surface area contributed by atoms with Crippen molar-refractivity contribution >= 4 is 6.09 Å². The van der Waals surface area contributed by atoms with Crippen LogP contribution in [0.15, 0.2) is 42.5 Å². The number of benzene rings is 2. The quantitative estimate of drug-likeness (QED) is 0.458. The number of alkyl halides is 6. The lowest BCUT2D eigenvalue weighted by Crippen LogP contribution is -2.46. The van der Waals surface area contributed by atoms with Gasteiger partial charge in [0.15, 0.2) is 0 Å². The number of likely N-dealkylation sites (tertiary alicyclic amines) is 1.